The van der Waals surface area contributed by atoms with E-state index >= 15 is 0 Å². The van der Waals surface area contributed by atoms with Crippen molar-refractivity contribution in [3.05, 3.63) is 10.2 Å². The lowest BCUT2D eigenvalue weighted by Crippen LogP contribution is -1.89. The van der Waals surface area contributed by atoms with Gasteiger partial charge in [0.25, 0.3) is 0 Å². The summed E-state index contributed by atoms with van der Waals surface area (Å²) in [6.45, 7) is 3.53. The fourth-order valence-electron chi connectivity index (χ4n) is 0.393. The molecule has 1 N–H and O–H groups in total. The summed E-state index contributed by atoms with van der Waals surface area (Å²) in [5, 5.41) is 6.98. The van der Waals surface area contributed by atoms with Crippen molar-refractivity contribution in [1.82, 2.24) is 0 Å². The summed E-state index contributed by atoms with van der Waals surface area (Å²) in [6, 6.07) is 0. The van der Waals surface area contributed by atoms with E-state index in [-0.39, 0.29) is 0 Å². The SMILES string of the molecule is CC(=N)/N=C(C)\C=C/I. The van der Waals surface area contributed by atoms with E-state index in [1.165, 1.54) is 0 Å². The normalized spacial score (nSPS) is 12.6. The van der Waals surface area contributed by atoms with Gasteiger partial charge in [0.1, 0.15) is 5.84 Å². The van der Waals surface area contributed by atoms with Gasteiger partial charge in [0.2, 0.25) is 0 Å². The number of nitrogens with one attached hydrogen (secondary N) is 1. The number of aliphatic imine (C=N–C) groups is 1. The Kier molecular flexibility index (Phi) is 4.57. The Bertz CT molecular complexity index is 158. The van der Waals surface area contributed by atoms with E-state index in [2.05, 4.69) is 27.6 Å². The Hall–Kier alpha value is -0.190. The highest BCUT2D eigenvalue weighted by molar-refractivity contribution is 14.1. The molecule has 0 atom stereocenters. The first-order valence-electron chi connectivity index (χ1n) is 2.54. The average molecular weight is 236 g/mol. The van der Waals surface area contributed by atoms with Crippen LogP contribution in [0.5, 0.6) is 0 Å². The largest absolute Gasteiger partial charge is 0.287 e. The van der Waals surface area contributed by atoms with Crippen molar-refractivity contribution in [1.29, 1.82) is 5.41 Å². The maximum Gasteiger partial charge on any atom is 0.117 e. The monoisotopic (exact) mass is 236 g/mol. The molecule has 0 fully saturated rings. The summed E-state index contributed by atoms with van der Waals surface area (Å²) in [7, 11) is 0. The molecule has 0 bridgehead atoms. The van der Waals surface area contributed by atoms with Crippen LogP contribution in [-0.4, -0.2) is 11.5 Å². The summed E-state index contributed by atoms with van der Waals surface area (Å²) in [6.07, 6.45) is 1.86. The Morgan fingerprint density at radius 2 is 2.11 bits per heavy atom. The highest BCUT2D eigenvalue weighted by atomic mass is 127. The van der Waals surface area contributed by atoms with Crippen LogP contribution in [0.2, 0.25) is 0 Å². The van der Waals surface area contributed by atoms with E-state index in [1.807, 2.05) is 17.1 Å². The highest BCUT2D eigenvalue weighted by Crippen LogP contribution is 1.87. The zero-order valence-corrected chi connectivity index (χ0v) is 7.64. The van der Waals surface area contributed by atoms with Gasteiger partial charge in [0.15, 0.2) is 0 Å². The van der Waals surface area contributed by atoms with Crippen molar-refractivity contribution in [2.45, 2.75) is 13.8 Å². The third kappa shape index (κ3) is 5.68. The van der Waals surface area contributed by atoms with Crippen LogP contribution in [0, 0.1) is 5.41 Å². The third-order valence-electron chi connectivity index (χ3n) is 0.648. The van der Waals surface area contributed by atoms with E-state index in [9.17, 15) is 0 Å². The van der Waals surface area contributed by atoms with Crippen LogP contribution < -0.4 is 0 Å². The summed E-state index contributed by atoms with van der Waals surface area (Å²) in [4.78, 5) is 3.88. The van der Waals surface area contributed by atoms with Gasteiger partial charge in [-0.15, -0.1) is 0 Å². The van der Waals surface area contributed by atoms with E-state index in [1.54, 1.807) is 6.92 Å². The summed E-state index contributed by atoms with van der Waals surface area (Å²) in [5.41, 5.74) is 0.872. The number of hydrogen-bond acceptors (Lipinski definition) is 1. The number of hydrogen-bond donors (Lipinski definition) is 1. The standard InChI is InChI=1S/C6H9IN2/c1-5(3-4-7)9-6(2)8/h3-4,8H,1-2H3/b4-3-,8-6?,9-5-. The summed E-state index contributed by atoms with van der Waals surface area (Å²) in [5.74, 6) is 0.349. The molecule has 0 saturated heterocycles. The lowest BCUT2D eigenvalue weighted by atomic mass is 10.4. The second-order valence-corrected chi connectivity index (χ2v) is 2.35. The van der Waals surface area contributed by atoms with Crippen LogP contribution in [0.4, 0.5) is 0 Å². The topological polar surface area (TPSA) is 36.2 Å². The second-order valence-electron chi connectivity index (χ2n) is 1.63. The van der Waals surface area contributed by atoms with Crippen molar-refractivity contribution >= 4 is 34.1 Å². The number of nitrogens with zero attached hydrogens (tertiary/aromatic N) is 1. The van der Waals surface area contributed by atoms with E-state index in [0.717, 1.165) is 5.71 Å². The first-order valence-corrected chi connectivity index (χ1v) is 3.78. The minimum absolute atomic E-state index is 0.349. The van der Waals surface area contributed by atoms with Gasteiger partial charge in [0, 0.05) is 5.71 Å². The van der Waals surface area contributed by atoms with E-state index in [0.29, 0.717) is 5.84 Å². The number of amidine groups is 1. The quantitative estimate of drug-likeness (QED) is 0.412. The molecule has 0 aromatic heterocycles. The lowest BCUT2D eigenvalue weighted by molar-refractivity contribution is 1.41. The number of halogens is 1. The Morgan fingerprint density at radius 3 is 2.44 bits per heavy atom. The highest BCUT2D eigenvalue weighted by Gasteiger charge is 1.81. The van der Waals surface area contributed by atoms with Crippen molar-refractivity contribution in [3.8, 4) is 0 Å². The molecule has 50 valence electrons. The molecule has 0 amide bonds. The third-order valence-corrected chi connectivity index (χ3v) is 1.01. The Labute approximate surface area is 68.7 Å². The van der Waals surface area contributed by atoms with Gasteiger partial charge in [-0.1, -0.05) is 22.6 Å². The Morgan fingerprint density at radius 1 is 1.56 bits per heavy atom. The maximum atomic E-state index is 6.98. The zero-order chi connectivity index (χ0) is 7.28. The van der Waals surface area contributed by atoms with Gasteiger partial charge in [-0.25, -0.2) is 4.99 Å². The minimum Gasteiger partial charge on any atom is -0.287 e. The van der Waals surface area contributed by atoms with Crippen LogP contribution in [0.1, 0.15) is 13.8 Å². The summed E-state index contributed by atoms with van der Waals surface area (Å²) < 4.78 is 1.87. The molecule has 0 saturated carbocycles. The summed E-state index contributed by atoms with van der Waals surface area (Å²) >= 11 is 2.12. The zero-order valence-electron chi connectivity index (χ0n) is 5.48. The first kappa shape index (κ1) is 8.81. The number of rotatable bonds is 1. The van der Waals surface area contributed by atoms with Crippen molar-refractivity contribution in [2.24, 2.45) is 4.99 Å². The van der Waals surface area contributed by atoms with Gasteiger partial charge < -0.3 is 0 Å². The molecule has 0 aliphatic rings. The molecule has 9 heavy (non-hydrogen) atoms. The minimum atomic E-state index is 0.349. The molecular formula is C6H9IN2. The molecule has 0 heterocycles. The van der Waals surface area contributed by atoms with Gasteiger partial charge in [0.05, 0.1) is 0 Å². The van der Waals surface area contributed by atoms with Gasteiger partial charge in [-0.05, 0) is 24.0 Å². The predicted octanol–water partition coefficient (Wildman–Crippen LogP) is 2.39. The molecule has 2 nitrogen and oxygen atoms in total. The van der Waals surface area contributed by atoms with Crippen LogP contribution >= 0.6 is 22.6 Å². The first-order chi connectivity index (χ1) is 4.16. The van der Waals surface area contributed by atoms with Crippen LogP contribution in [-0.2, 0) is 0 Å². The van der Waals surface area contributed by atoms with Gasteiger partial charge >= 0.3 is 0 Å². The molecule has 0 rings (SSSR count). The van der Waals surface area contributed by atoms with Crippen LogP contribution in [0.25, 0.3) is 0 Å². The smallest absolute Gasteiger partial charge is 0.117 e. The average Bonchev–Trinajstić information content (AvgIpc) is 1.63. The molecule has 0 aliphatic carbocycles. The second kappa shape index (κ2) is 4.67. The van der Waals surface area contributed by atoms with Crippen molar-refractivity contribution in [3.63, 3.8) is 0 Å². The van der Waals surface area contributed by atoms with Crippen LogP contribution in [0.3, 0.4) is 0 Å². The fraction of sp³-hybridized carbons (Fsp3) is 0.333. The van der Waals surface area contributed by atoms with E-state index in [4.69, 9.17) is 5.41 Å². The molecule has 3 heteroatoms. The molecule has 0 aromatic carbocycles. The van der Waals surface area contributed by atoms with Gasteiger partial charge in [-0.2, -0.15) is 0 Å². The Balaban J connectivity index is 4.00. The molecular weight excluding hydrogens is 227 g/mol. The van der Waals surface area contributed by atoms with Crippen molar-refractivity contribution < 1.29 is 0 Å². The predicted molar refractivity (Wildman–Crippen MR) is 49.7 cm³/mol. The molecule has 0 radical (unpaired) electrons. The van der Waals surface area contributed by atoms with E-state index < -0.39 is 0 Å². The van der Waals surface area contributed by atoms with Crippen molar-refractivity contribution in [2.75, 3.05) is 0 Å². The maximum absolute atomic E-state index is 6.98. The fourth-order valence-corrected chi connectivity index (χ4v) is 0.913. The van der Waals surface area contributed by atoms with Gasteiger partial charge in [-0.3, -0.25) is 5.41 Å². The molecule has 0 aliphatic heterocycles. The number of allylic oxidation sites excluding steroid dienone is 1. The lowest BCUT2D eigenvalue weighted by Gasteiger charge is -1.87. The molecule has 0 aromatic rings. The molecule has 0 spiro atoms. The van der Waals surface area contributed by atoms with Crippen LogP contribution in [0.15, 0.2) is 15.2 Å². The molecule has 0 unspecified atom stereocenters.